The van der Waals surface area contributed by atoms with Gasteiger partial charge < -0.3 is 10.2 Å². The molecule has 0 bridgehead atoms. The molecule has 0 saturated heterocycles. The van der Waals surface area contributed by atoms with Crippen molar-refractivity contribution in [2.45, 2.75) is 57.8 Å². The smallest absolute Gasteiger partial charge is 0.303 e. The molecular formula is C13H24O3. The third kappa shape index (κ3) is 13.2. The lowest BCUT2D eigenvalue weighted by atomic mass is 10.1. The van der Waals surface area contributed by atoms with Crippen LogP contribution in [0, 0.1) is 0 Å². The molecule has 3 heteroatoms. The lowest BCUT2D eigenvalue weighted by molar-refractivity contribution is -0.137. The first-order chi connectivity index (χ1) is 7.77. The summed E-state index contributed by atoms with van der Waals surface area (Å²) in [6, 6.07) is 0. The van der Waals surface area contributed by atoms with Crippen LogP contribution in [-0.4, -0.2) is 22.8 Å². The molecule has 0 fully saturated rings. The van der Waals surface area contributed by atoms with Crippen molar-refractivity contribution < 1.29 is 15.0 Å². The lowest BCUT2D eigenvalue weighted by Gasteiger charge is -1.99. The molecule has 94 valence electrons. The summed E-state index contributed by atoms with van der Waals surface area (Å²) in [6.07, 6.45) is 12.9. The lowest BCUT2D eigenvalue weighted by Crippen LogP contribution is -1.93. The molecule has 0 amide bonds. The molecule has 0 atom stereocenters. The maximum absolute atomic E-state index is 10.2. The molecule has 0 aliphatic carbocycles. The molecule has 2 N–H and O–H groups in total. The standard InChI is InChI=1S/C13H24O3/c14-12-10-8-6-4-2-1-3-5-7-9-11-13(15)16/h6,8,14H,1-5,7,9-12H2,(H,15,16)/b8-6+. The van der Waals surface area contributed by atoms with E-state index in [1.165, 1.54) is 19.3 Å². The molecule has 0 radical (unpaired) electrons. The Kier molecular flexibility index (Phi) is 11.6. The van der Waals surface area contributed by atoms with Crippen molar-refractivity contribution in [2.24, 2.45) is 0 Å². The zero-order valence-corrected chi connectivity index (χ0v) is 10.0. The van der Waals surface area contributed by atoms with Crippen LogP contribution in [0.25, 0.3) is 0 Å². The average molecular weight is 228 g/mol. The van der Waals surface area contributed by atoms with E-state index in [-0.39, 0.29) is 6.61 Å². The summed E-state index contributed by atoms with van der Waals surface area (Å²) >= 11 is 0. The Bertz CT molecular complexity index is 188. The largest absolute Gasteiger partial charge is 0.481 e. The monoisotopic (exact) mass is 228 g/mol. The summed E-state index contributed by atoms with van der Waals surface area (Å²) < 4.78 is 0. The number of hydrogen-bond acceptors (Lipinski definition) is 2. The number of carboxylic acid groups (broad SMARTS) is 1. The number of carbonyl (C=O) groups is 1. The van der Waals surface area contributed by atoms with Crippen molar-refractivity contribution in [1.29, 1.82) is 0 Å². The molecule has 0 aromatic rings. The van der Waals surface area contributed by atoms with Gasteiger partial charge in [-0.2, -0.15) is 0 Å². The second-order valence-corrected chi connectivity index (χ2v) is 4.04. The van der Waals surface area contributed by atoms with E-state index in [0.29, 0.717) is 6.42 Å². The third-order valence-corrected chi connectivity index (χ3v) is 2.47. The molecule has 0 heterocycles. The third-order valence-electron chi connectivity index (χ3n) is 2.47. The van der Waals surface area contributed by atoms with E-state index in [9.17, 15) is 4.79 Å². The van der Waals surface area contributed by atoms with Crippen LogP contribution in [0.2, 0.25) is 0 Å². The van der Waals surface area contributed by atoms with Gasteiger partial charge in [-0.3, -0.25) is 4.79 Å². The van der Waals surface area contributed by atoms with Gasteiger partial charge in [0.25, 0.3) is 0 Å². The van der Waals surface area contributed by atoms with Gasteiger partial charge in [0.05, 0.1) is 0 Å². The summed E-state index contributed by atoms with van der Waals surface area (Å²) in [4.78, 5) is 10.2. The zero-order chi connectivity index (χ0) is 12.1. The molecule has 16 heavy (non-hydrogen) atoms. The maximum atomic E-state index is 10.2. The minimum absolute atomic E-state index is 0.236. The Morgan fingerprint density at radius 3 is 2.06 bits per heavy atom. The Hall–Kier alpha value is -0.830. The van der Waals surface area contributed by atoms with Gasteiger partial charge in [-0.1, -0.05) is 37.8 Å². The van der Waals surface area contributed by atoms with E-state index in [1.807, 2.05) is 6.08 Å². The van der Waals surface area contributed by atoms with E-state index in [4.69, 9.17) is 10.2 Å². The summed E-state index contributed by atoms with van der Waals surface area (Å²) in [7, 11) is 0. The highest BCUT2D eigenvalue weighted by Crippen LogP contribution is 2.08. The molecule has 0 saturated carbocycles. The first kappa shape index (κ1) is 15.2. The summed E-state index contributed by atoms with van der Waals surface area (Å²) in [6.45, 7) is 0.236. The first-order valence-electron chi connectivity index (χ1n) is 6.25. The maximum Gasteiger partial charge on any atom is 0.303 e. The van der Waals surface area contributed by atoms with Gasteiger partial charge in [-0.25, -0.2) is 0 Å². The van der Waals surface area contributed by atoms with Crippen molar-refractivity contribution in [3.05, 3.63) is 12.2 Å². The first-order valence-corrected chi connectivity index (χ1v) is 6.25. The van der Waals surface area contributed by atoms with Crippen molar-refractivity contribution in [1.82, 2.24) is 0 Å². The highest BCUT2D eigenvalue weighted by molar-refractivity contribution is 5.66. The van der Waals surface area contributed by atoms with Crippen LogP contribution in [0.5, 0.6) is 0 Å². The van der Waals surface area contributed by atoms with Crippen molar-refractivity contribution in [3.63, 3.8) is 0 Å². The molecule has 3 nitrogen and oxygen atoms in total. The minimum atomic E-state index is -0.686. The number of aliphatic hydroxyl groups is 1. The molecule has 0 aliphatic rings. The Morgan fingerprint density at radius 2 is 1.44 bits per heavy atom. The van der Waals surface area contributed by atoms with E-state index in [2.05, 4.69) is 6.08 Å². The normalized spacial score (nSPS) is 11.1. The van der Waals surface area contributed by atoms with Gasteiger partial charge >= 0.3 is 5.97 Å². The minimum Gasteiger partial charge on any atom is -0.481 e. The Labute approximate surface area is 98.2 Å². The Balaban J connectivity index is 3.01. The number of carboxylic acids is 1. The van der Waals surface area contributed by atoms with Crippen LogP contribution in [0.15, 0.2) is 12.2 Å². The molecule has 0 aliphatic heterocycles. The van der Waals surface area contributed by atoms with Crippen LogP contribution in [0.3, 0.4) is 0 Å². The predicted molar refractivity (Wildman–Crippen MR) is 65.4 cm³/mol. The molecule has 0 rings (SSSR count). The van der Waals surface area contributed by atoms with Gasteiger partial charge in [0.15, 0.2) is 0 Å². The second-order valence-electron chi connectivity index (χ2n) is 4.04. The van der Waals surface area contributed by atoms with Crippen LogP contribution in [-0.2, 0) is 4.79 Å². The van der Waals surface area contributed by atoms with Gasteiger partial charge in [-0.05, 0) is 25.7 Å². The SMILES string of the molecule is O=C(O)CCCCCCCC/C=C/CCO. The number of rotatable bonds is 11. The fraction of sp³-hybridized carbons (Fsp3) is 0.769. The highest BCUT2D eigenvalue weighted by atomic mass is 16.4. The fourth-order valence-electron chi connectivity index (χ4n) is 1.56. The van der Waals surface area contributed by atoms with Gasteiger partial charge in [-0.15, -0.1) is 0 Å². The molecular weight excluding hydrogens is 204 g/mol. The number of aliphatic hydroxyl groups excluding tert-OH is 1. The number of hydrogen-bond donors (Lipinski definition) is 2. The van der Waals surface area contributed by atoms with Crippen LogP contribution >= 0.6 is 0 Å². The van der Waals surface area contributed by atoms with E-state index in [1.54, 1.807) is 0 Å². The number of aliphatic carboxylic acids is 1. The predicted octanol–water partition coefficient (Wildman–Crippen LogP) is 3.13. The summed E-state index contributed by atoms with van der Waals surface area (Å²) in [5.41, 5.74) is 0. The molecule has 0 aromatic carbocycles. The zero-order valence-electron chi connectivity index (χ0n) is 10.0. The topological polar surface area (TPSA) is 57.5 Å². The van der Waals surface area contributed by atoms with Crippen LogP contribution in [0.4, 0.5) is 0 Å². The van der Waals surface area contributed by atoms with Gasteiger partial charge in [0.1, 0.15) is 0 Å². The highest BCUT2D eigenvalue weighted by Gasteiger charge is 1.95. The summed E-state index contributed by atoms with van der Waals surface area (Å²) in [5, 5.41) is 17.0. The van der Waals surface area contributed by atoms with Gasteiger partial charge in [0.2, 0.25) is 0 Å². The van der Waals surface area contributed by atoms with E-state index in [0.717, 1.165) is 32.1 Å². The average Bonchev–Trinajstić information content (AvgIpc) is 2.25. The van der Waals surface area contributed by atoms with Crippen LogP contribution < -0.4 is 0 Å². The quantitative estimate of drug-likeness (QED) is 0.422. The summed E-state index contributed by atoms with van der Waals surface area (Å²) in [5.74, 6) is -0.686. The van der Waals surface area contributed by atoms with Crippen molar-refractivity contribution in [2.75, 3.05) is 6.61 Å². The number of allylic oxidation sites excluding steroid dienone is 1. The fourth-order valence-corrected chi connectivity index (χ4v) is 1.56. The number of unbranched alkanes of at least 4 members (excludes halogenated alkanes) is 6. The van der Waals surface area contributed by atoms with Crippen LogP contribution in [0.1, 0.15) is 57.8 Å². The Morgan fingerprint density at radius 1 is 0.875 bits per heavy atom. The molecule has 0 spiro atoms. The van der Waals surface area contributed by atoms with E-state index >= 15 is 0 Å². The van der Waals surface area contributed by atoms with Gasteiger partial charge in [0, 0.05) is 13.0 Å². The molecule has 0 aromatic heterocycles. The van der Waals surface area contributed by atoms with Crippen molar-refractivity contribution in [3.8, 4) is 0 Å². The van der Waals surface area contributed by atoms with E-state index < -0.39 is 5.97 Å². The van der Waals surface area contributed by atoms with Crippen molar-refractivity contribution >= 4 is 5.97 Å². The second kappa shape index (κ2) is 12.2. The molecule has 0 unspecified atom stereocenters.